The zero-order valence-electron chi connectivity index (χ0n) is 30.9. The van der Waals surface area contributed by atoms with Gasteiger partial charge in [-0.3, -0.25) is 4.79 Å². The molecule has 5 heteroatoms. The van der Waals surface area contributed by atoms with Crippen molar-refractivity contribution in [3.63, 3.8) is 0 Å². The summed E-state index contributed by atoms with van der Waals surface area (Å²) in [6, 6.07) is 40.3. The molecule has 267 valence electrons. The second-order valence-corrected chi connectivity index (χ2v) is 15.3. The number of hydrogen-bond donors (Lipinski definition) is 1. The summed E-state index contributed by atoms with van der Waals surface area (Å²) in [6.07, 6.45) is 9.50. The third-order valence-corrected chi connectivity index (χ3v) is 9.38. The summed E-state index contributed by atoms with van der Waals surface area (Å²) in [5.74, 6) is 0.104. The molecule has 2 aliphatic rings. The van der Waals surface area contributed by atoms with Gasteiger partial charge in [-0.25, -0.2) is 0 Å². The smallest absolute Gasteiger partial charge is 0.164 e. The van der Waals surface area contributed by atoms with Gasteiger partial charge < -0.3 is 15.1 Å². The van der Waals surface area contributed by atoms with Crippen LogP contribution in [0, 0.1) is 23.0 Å². The number of pyridine rings is 2. The summed E-state index contributed by atoms with van der Waals surface area (Å²) in [5.41, 5.74) is 12.3. The summed E-state index contributed by atoms with van der Waals surface area (Å²) >= 11 is 0. The Morgan fingerprint density at radius 3 is 2.06 bits per heavy atom. The normalized spacial score (nSPS) is 13.0. The number of allylic oxidation sites excluding steroid dienone is 2. The van der Waals surface area contributed by atoms with E-state index in [2.05, 4.69) is 71.7 Å². The molecule has 1 N–H and O–H groups in total. The molecule has 8 rings (SSSR count). The summed E-state index contributed by atoms with van der Waals surface area (Å²) in [4.78, 5) is 20.4. The van der Waals surface area contributed by atoms with Crippen molar-refractivity contribution in [2.24, 2.45) is 10.8 Å². The fraction of sp³-hybridized carbons (Fsp3) is 0.255. The maximum Gasteiger partial charge on any atom is 0.164 e. The molecule has 0 saturated heterocycles. The molecule has 0 saturated carbocycles. The standard InChI is InChI=1S/C25H18N.C11H8N.C11H20O2.Ir/c1-2-7-22-16(4-1)12-13-26-25(22)21-14-19-10-8-17-5-3-6-18-9-11-20(15-21)24(19)23(17)18;1-2-6-10(7-3-1)11-8-4-5-9-12-11;1-10(2,3)8(12)7-9(13)11(4,5)6;/h1-7,12-14H,8-11H2;1-6,8-9H;7,12H,1-6H3;/q2*-1;;/b;;8-7-;. The average Bonchev–Trinajstić information content (AvgIpc) is 3.14. The van der Waals surface area contributed by atoms with E-state index in [-0.39, 0.29) is 37.1 Å². The number of aromatic nitrogens is 2. The van der Waals surface area contributed by atoms with Crippen molar-refractivity contribution < 1.29 is 30.0 Å². The Kier molecular flexibility index (Phi) is 12.1. The van der Waals surface area contributed by atoms with Crippen LogP contribution in [-0.4, -0.2) is 20.9 Å². The van der Waals surface area contributed by atoms with E-state index in [0.29, 0.717) is 0 Å². The average molecular weight is 863 g/mol. The Bertz CT molecular complexity index is 2100. The first-order valence-corrected chi connectivity index (χ1v) is 17.8. The van der Waals surface area contributed by atoms with Crippen LogP contribution in [0.25, 0.3) is 44.4 Å². The molecular formula is C47H46IrN2O2-2. The first-order chi connectivity index (χ1) is 24.4. The molecule has 0 spiro atoms. The van der Waals surface area contributed by atoms with Gasteiger partial charge >= 0.3 is 0 Å². The number of benzene rings is 4. The second kappa shape index (κ2) is 16.3. The zero-order valence-corrected chi connectivity index (χ0v) is 33.3. The van der Waals surface area contributed by atoms with Gasteiger partial charge in [0.15, 0.2) is 5.78 Å². The van der Waals surface area contributed by atoms with Crippen LogP contribution in [0.5, 0.6) is 0 Å². The van der Waals surface area contributed by atoms with Crippen molar-refractivity contribution in [1.29, 1.82) is 0 Å². The van der Waals surface area contributed by atoms with E-state index in [1.807, 2.05) is 90.2 Å². The van der Waals surface area contributed by atoms with Gasteiger partial charge in [0.05, 0.1) is 0 Å². The molecule has 0 atom stereocenters. The molecule has 6 aromatic rings. The van der Waals surface area contributed by atoms with Crippen LogP contribution in [0.3, 0.4) is 0 Å². The number of nitrogens with zero attached hydrogens (tertiary/aromatic N) is 2. The Morgan fingerprint density at radius 1 is 0.692 bits per heavy atom. The van der Waals surface area contributed by atoms with Crippen molar-refractivity contribution in [2.75, 3.05) is 0 Å². The molecule has 0 amide bonds. The Labute approximate surface area is 322 Å². The minimum atomic E-state index is -0.417. The van der Waals surface area contributed by atoms with Gasteiger partial charge in [0.2, 0.25) is 0 Å². The van der Waals surface area contributed by atoms with E-state index >= 15 is 0 Å². The van der Waals surface area contributed by atoms with Gasteiger partial charge in [0.25, 0.3) is 0 Å². The number of aryl methyl sites for hydroxylation is 4. The van der Waals surface area contributed by atoms with Gasteiger partial charge in [0, 0.05) is 49.4 Å². The minimum Gasteiger partial charge on any atom is -0.512 e. The SMILES string of the molecule is CC(C)(C)C(=O)/C=C(\O)C(C)(C)C.[Ir].[c-]1c(-c2nccc3ccccc23)cc2c3c1CCc1cccc(c1-3)CC2.[c-]1ccccc1-c1ccccn1. The van der Waals surface area contributed by atoms with Crippen LogP contribution in [0.4, 0.5) is 0 Å². The van der Waals surface area contributed by atoms with Crippen LogP contribution < -0.4 is 0 Å². The molecule has 2 aromatic heterocycles. The summed E-state index contributed by atoms with van der Waals surface area (Å²) in [7, 11) is 0. The van der Waals surface area contributed by atoms with Crippen molar-refractivity contribution in [3.8, 4) is 33.6 Å². The van der Waals surface area contributed by atoms with E-state index in [1.165, 1.54) is 50.2 Å². The predicted molar refractivity (Wildman–Crippen MR) is 209 cm³/mol. The first-order valence-electron chi connectivity index (χ1n) is 17.8. The molecule has 0 aliphatic heterocycles. The van der Waals surface area contributed by atoms with Crippen molar-refractivity contribution in [1.82, 2.24) is 9.97 Å². The van der Waals surface area contributed by atoms with E-state index in [4.69, 9.17) is 4.98 Å². The number of hydrogen-bond acceptors (Lipinski definition) is 4. The topological polar surface area (TPSA) is 63.1 Å². The third-order valence-electron chi connectivity index (χ3n) is 9.38. The summed E-state index contributed by atoms with van der Waals surface area (Å²) < 4.78 is 0. The van der Waals surface area contributed by atoms with E-state index in [1.54, 1.807) is 6.20 Å². The number of fused-ring (bicyclic) bond motifs is 1. The van der Waals surface area contributed by atoms with Gasteiger partial charge in [-0.2, -0.15) is 0 Å². The van der Waals surface area contributed by atoms with Crippen LogP contribution in [0.2, 0.25) is 0 Å². The molecule has 0 unspecified atom stereocenters. The number of carbonyl (C=O) groups is 1. The van der Waals surface area contributed by atoms with Gasteiger partial charge in [-0.15, -0.1) is 64.7 Å². The van der Waals surface area contributed by atoms with Crippen LogP contribution in [0.1, 0.15) is 63.8 Å². The second-order valence-electron chi connectivity index (χ2n) is 15.3. The first kappa shape index (κ1) is 38.5. The van der Waals surface area contributed by atoms with E-state index in [0.717, 1.165) is 48.2 Å². The zero-order chi connectivity index (χ0) is 36.2. The van der Waals surface area contributed by atoms with Gasteiger partial charge in [-0.05, 0) is 71.1 Å². The molecule has 4 nitrogen and oxygen atoms in total. The van der Waals surface area contributed by atoms with Crippen molar-refractivity contribution >= 4 is 16.6 Å². The van der Waals surface area contributed by atoms with E-state index in [9.17, 15) is 9.90 Å². The van der Waals surface area contributed by atoms with Crippen molar-refractivity contribution in [2.45, 2.75) is 67.2 Å². The fourth-order valence-corrected chi connectivity index (χ4v) is 6.41. The quantitative estimate of drug-likeness (QED) is 0.109. The van der Waals surface area contributed by atoms with Crippen LogP contribution in [0.15, 0.2) is 121 Å². The minimum absolute atomic E-state index is 0. The van der Waals surface area contributed by atoms with Crippen LogP contribution in [-0.2, 0) is 50.6 Å². The van der Waals surface area contributed by atoms with Crippen molar-refractivity contribution in [3.05, 3.63) is 156 Å². The third kappa shape index (κ3) is 8.84. The number of aliphatic hydroxyl groups is 1. The monoisotopic (exact) mass is 863 g/mol. The molecule has 2 heterocycles. The Morgan fingerprint density at radius 2 is 1.38 bits per heavy atom. The molecule has 0 bridgehead atoms. The Hall–Kier alpha value is -4.70. The molecular weight excluding hydrogens is 817 g/mol. The fourth-order valence-electron chi connectivity index (χ4n) is 6.41. The molecule has 0 fully saturated rings. The number of carbonyl (C=O) groups excluding carboxylic acids is 1. The van der Waals surface area contributed by atoms with Gasteiger partial charge in [-0.1, -0.05) is 107 Å². The number of ketones is 1. The van der Waals surface area contributed by atoms with Gasteiger partial charge in [0.1, 0.15) is 5.76 Å². The predicted octanol–water partition coefficient (Wildman–Crippen LogP) is 11.2. The van der Waals surface area contributed by atoms with Crippen LogP contribution >= 0.6 is 0 Å². The van der Waals surface area contributed by atoms with E-state index < -0.39 is 5.41 Å². The maximum atomic E-state index is 11.5. The molecule has 52 heavy (non-hydrogen) atoms. The number of aliphatic hydroxyl groups excluding tert-OH is 1. The Balaban J connectivity index is 0.000000170. The molecule has 2 aliphatic carbocycles. The maximum absolute atomic E-state index is 11.5. The largest absolute Gasteiger partial charge is 0.512 e. The molecule has 4 aromatic carbocycles. The molecule has 1 radical (unpaired) electrons. The number of rotatable bonds is 3. The summed E-state index contributed by atoms with van der Waals surface area (Å²) in [6.45, 7) is 11.1. The summed E-state index contributed by atoms with van der Waals surface area (Å²) in [5, 5.41) is 12.0.